The minimum absolute atomic E-state index is 0.0131. The third kappa shape index (κ3) is 7.12. The molecule has 3 aromatic rings. The van der Waals surface area contributed by atoms with Crippen molar-refractivity contribution in [2.45, 2.75) is 30.7 Å². The minimum Gasteiger partial charge on any atom is -0.482 e. The van der Waals surface area contributed by atoms with Crippen LogP contribution in [-0.2, 0) is 21.2 Å². The van der Waals surface area contributed by atoms with Gasteiger partial charge in [-0.15, -0.1) is 0 Å². The van der Waals surface area contributed by atoms with E-state index in [1.165, 1.54) is 30.7 Å². The number of aromatic nitrogens is 3. The molecule has 0 unspecified atom stereocenters. The molecule has 1 aliphatic rings. The van der Waals surface area contributed by atoms with E-state index >= 15 is 0 Å². The molecule has 2 aromatic heterocycles. The fraction of sp³-hybridized carbons (Fsp3) is 0.273. The first-order chi connectivity index (χ1) is 16.6. The van der Waals surface area contributed by atoms with Crippen LogP contribution in [0.25, 0.3) is 11.1 Å². The van der Waals surface area contributed by atoms with Crippen LogP contribution in [-0.4, -0.2) is 47.3 Å². The van der Waals surface area contributed by atoms with Crippen LogP contribution in [0.1, 0.15) is 18.5 Å². The van der Waals surface area contributed by atoms with Gasteiger partial charge in [0.15, 0.2) is 6.61 Å². The van der Waals surface area contributed by atoms with Crippen molar-refractivity contribution in [3.63, 3.8) is 0 Å². The number of anilines is 2. The Balaban J connectivity index is 1.35. The summed E-state index contributed by atoms with van der Waals surface area (Å²) in [7, 11) is -3.51. The molecule has 0 spiro atoms. The van der Waals surface area contributed by atoms with Crippen molar-refractivity contribution in [2.75, 3.05) is 16.6 Å². The number of nitrogens with one attached hydrogen (secondary N) is 2. The third-order valence-electron chi connectivity index (χ3n) is 4.87. The summed E-state index contributed by atoms with van der Waals surface area (Å²) in [5, 5.41) is 2.29. The second-order valence-electron chi connectivity index (χ2n) is 7.83. The number of halogens is 3. The maximum absolute atomic E-state index is 12.4. The minimum atomic E-state index is -4.45. The van der Waals surface area contributed by atoms with Crippen LogP contribution in [0.5, 0.6) is 5.75 Å². The van der Waals surface area contributed by atoms with Crippen molar-refractivity contribution in [1.82, 2.24) is 15.0 Å². The number of hydrogen-bond donors (Lipinski definition) is 2. The second kappa shape index (κ2) is 9.86. The van der Waals surface area contributed by atoms with Gasteiger partial charge in [0.25, 0.3) is 0 Å². The van der Waals surface area contributed by atoms with Crippen molar-refractivity contribution in [2.24, 2.45) is 0 Å². The quantitative estimate of drug-likeness (QED) is 0.454. The SMILES string of the molecule is O=C(Cc1ccnc(NS(=O)(=O)C2CC2)n1)Nc1ccc(-c2cncc(OCC(F)(F)F)c2)cc1. The lowest BCUT2D eigenvalue weighted by molar-refractivity contribution is -0.153. The van der Waals surface area contributed by atoms with Crippen LogP contribution in [0.2, 0.25) is 0 Å². The number of sulfonamides is 1. The summed E-state index contributed by atoms with van der Waals surface area (Å²) in [6, 6.07) is 9.57. The zero-order chi connectivity index (χ0) is 25.1. The van der Waals surface area contributed by atoms with Crippen LogP contribution >= 0.6 is 0 Å². The summed E-state index contributed by atoms with van der Waals surface area (Å²) in [5.41, 5.74) is 2.03. The molecule has 1 fully saturated rings. The van der Waals surface area contributed by atoms with E-state index in [1.807, 2.05) is 0 Å². The number of alkyl halides is 3. The predicted molar refractivity (Wildman–Crippen MR) is 121 cm³/mol. The third-order valence-corrected chi connectivity index (χ3v) is 6.69. The number of carbonyl (C=O) groups is 1. The molecule has 4 rings (SSSR count). The van der Waals surface area contributed by atoms with Gasteiger partial charge in [-0.05, 0) is 42.7 Å². The van der Waals surface area contributed by atoms with Crippen LogP contribution in [0.15, 0.2) is 55.0 Å². The molecule has 0 atom stereocenters. The Morgan fingerprint density at radius 3 is 2.51 bits per heavy atom. The predicted octanol–water partition coefficient (Wildman–Crippen LogP) is 3.57. The largest absolute Gasteiger partial charge is 0.482 e. The van der Waals surface area contributed by atoms with Crippen LogP contribution < -0.4 is 14.8 Å². The highest BCUT2D eigenvalue weighted by Crippen LogP contribution is 2.29. The highest BCUT2D eigenvalue weighted by Gasteiger charge is 2.36. The fourth-order valence-corrected chi connectivity index (χ4v) is 4.35. The zero-order valence-electron chi connectivity index (χ0n) is 18.1. The second-order valence-corrected chi connectivity index (χ2v) is 9.79. The molecule has 9 nitrogen and oxygen atoms in total. The molecule has 13 heteroatoms. The van der Waals surface area contributed by atoms with Crippen LogP contribution in [0.3, 0.4) is 0 Å². The molecule has 2 N–H and O–H groups in total. The number of rotatable bonds is 9. The number of benzene rings is 1. The van der Waals surface area contributed by atoms with Gasteiger partial charge in [0.2, 0.25) is 21.9 Å². The normalized spacial score (nSPS) is 13.8. The van der Waals surface area contributed by atoms with Crippen molar-refractivity contribution < 1.29 is 31.1 Å². The fourth-order valence-electron chi connectivity index (χ4n) is 3.07. The van der Waals surface area contributed by atoms with Gasteiger partial charge in [-0.25, -0.2) is 18.4 Å². The van der Waals surface area contributed by atoms with E-state index in [9.17, 15) is 26.4 Å². The van der Waals surface area contributed by atoms with Gasteiger partial charge in [-0.1, -0.05) is 12.1 Å². The molecule has 0 bridgehead atoms. The van der Waals surface area contributed by atoms with E-state index in [0.29, 0.717) is 35.3 Å². The van der Waals surface area contributed by atoms with Gasteiger partial charge >= 0.3 is 6.18 Å². The van der Waals surface area contributed by atoms with E-state index in [0.717, 1.165) is 0 Å². The molecule has 0 aliphatic heterocycles. The molecular formula is C22H20F3N5O4S. The lowest BCUT2D eigenvalue weighted by atomic mass is 10.1. The molecule has 0 radical (unpaired) electrons. The van der Waals surface area contributed by atoms with Gasteiger partial charge in [-0.2, -0.15) is 13.2 Å². The van der Waals surface area contributed by atoms with Crippen molar-refractivity contribution in [1.29, 1.82) is 0 Å². The Kier molecular flexibility index (Phi) is 6.87. The van der Waals surface area contributed by atoms with E-state index < -0.39 is 28.1 Å². The van der Waals surface area contributed by atoms with Crippen molar-refractivity contribution in [3.8, 4) is 16.9 Å². The number of hydrogen-bond acceptors (Lipinski definition) is 7. The van der Waals surface area contributed by atoms with E-state index in [1.54, 1.807) is 24.3 Å². The Hall–Kier alpha value is -3.74. The number of carbonyl (C=O) groups excluding carboxylic acids is 1. The maximum atomic E-state index is 12.4. The smallest absolute Gasteiger partial charge is 0.422 e. The molecule has 0 saturated heterocycles. The summed E-state index contributed by atoms with van der Waals surface area (Å²) in [5.74, 6) is -0.473. The van der Waals surface area contributed by atoms with E-state index in [2.05, 4.69) is 25.0 Å². The molecule has 2 heterocycles. The summed E-state index contributed by atoms with van der Waals surface area (Å²) >= 11 is 0. The van der Waals surface area contributed by atoms with Crippen LogP contribution in [0, 0.1) is 0 Å². The molecule has 1 aliphatic carbocycles. The Labute approximate surface area is 198 Å². The highest BCUT2D eigenvalue weighted by molar-refractivity contribution is 7.93. The van der Waals surface area contributed by atoms with Gasteiger partial charge in [0.1, 0.15) is 5.75 Å². The number of pyridine rings is 1. The molecule has 1 saturated carbocycles. The molecule has 184 valence electrons. The first-order valence-corrected chi connectivity index (χ1v) is 12.0. The first-order valence-electron chi connectivity index (χ1n) is 10.5. The van der Waals surface area contributed by atoms with Crippen molar-refractivity contribution >= 4 is 27.6 Å². The Morgan fingerprint density at radius 1 is 1.09 bits per heavy atom. The lowest BCUT2D eigenvalue weighted by Crippen LogP contribution is -2.20. The van der Waals surface area contributed by atoms with Gasteiger partial charge in [-0.3, -0.25) is 14.5 Å². The lowest BCUT2D eigenvalue weighted by Gasteiger charge is -2.10. The highest BCUT2D eigenvalue weighted by atomic mass is 32.2. The first kappa shape index (κ1) is 24.4. The average Bonchev–Trinajstić information content (AvgIpc) is 3.64. The monoisotopic (exact) mass is 507 g/mol. The average molecular weight is 507 g/mol. The molecular weight excluding hydrogens is 487 g/mol. The summed E-state index contributed by atoms with van der Waals surface area (Å²) < 4.78 is 68.2. The topological polar surface area (TPSA) is 123 Å². The molecule has 35 heavy (non-hydrogen) atoms. The molecule has 1 amide bonds. The molecule has 1 aromatic carbocycles. The van der Waals surface area contributed by atoms with E-state index in [4.69, 9.17) is 4.74 Å². The Bertz CT molecular complexity index is 1310. The van der Waals surface area contributed by atoms with Crippen molar-refractivity contribution in [3.05, 3.63) is 60.7 Å². The zero-order valence-corrected chi connectivity index (χ0v) is 18.9. The maximum Gasteiger partial charge on any atom is 0.422 e. The summed E-state index contributed by atoms with van der Waals surface area (Å²) in [4.78, 5) is 24.3. The summed E-state index contributed by atoms with van der Waals surface area (Å²) in [6.45, 7) is -1.41. The number of amides is 1. The standard InChI is InChI=1S/C22H20F3N5O4S/c23-22(24,25)13-34-18-9-15(11-26-12-18)14-1-3-16(4-2-14)28-20(31)10-17-7-8-27-21(29-17)30-35(32,33)19-5-6-19/h1-4,7-9,11-12,19H,5-6,10,13H2,(H,28,31)(H,27,29,30). The Morgan fingerprint density at radius 2 is 1.83 bits per heavy atom. The number of nitrogens with zero attached hydrogens (tertiary/aromatic N) is 3. The van der Waals surface area contributed by atoms with Crippen LogP contribution in [0.4, 0.5) is 24.8 Å². The van der Waals surface area contributed by atoms with E-state index in [-0.39, 0.29) is 24.0 Å². The van der Waals surface area contributed by atoms with Gasteiger partial charge in [0, 0.05) is 23.6 Å². The summed E-state index contributed by atoms with van der Waals surface area (Å²) in [6.07, 6.45) is 0.695. The van der Waals surface area contributed by atoms with Gasteiger partial charge in [0.05, 0.1) is 23.6 Å². The van der Waals surface area contributed by atoms with Gasteiger partial charge < -0.3 is 10.1 Å². The number of ether oxygens (including phenoxy) is 1.